The zero-order valence-electron chi connectivity index (χ0n) is 70.7. The molecule has 0 spiro atoms. The molecule has 620 valence electrons. The molecule has 6 aliphatic heterocycles. The van der Waals surface area contributed by atoms with E-state index in [1.807, 2.05) is 97.1 Å². The maximum Gasteiger partial charge on any atom is 0.286 e. The second kappa shape index (κ2) is 32.0. The Balaban J connectivity index is 0.944. The fourth-order valence-corrected chi connectivity index (χ4v) is 18.3. The lowest BCUT2D eigenvalue weighted by Gasteiger charge is -2.30. The van der Waals surface area contributed by atoms with Crippen molar-refractivity contribution in [2.75, 3.05) is 9.80 Å². The van der Waals surface area contributed by atoms with E-state index in [0.717, 1.165) is 157 Å². The average molecular weight is 1630 g/mol. The molecule has 1 aliphatic carbocycles. The van der Waals surface area contributed by atoms with E-state index in [9.17, 15) is 0 Å². The van der Waals surface area contributed by atoms with Crippen molar-refractivity contribution in [3.8, 4) is 93.0 Å². The Kier molecular flexibility index (Phi) is 20.8. The minimum Gasteiger partial charge on any atom is -0.434 e. The summed E-state index contributed by atoms with van der Waals surface area (Å²) in [5.74, 6) is -2.88. The molecule has 0 saturated carbocycles. The molecule has 0 fully saturated rings. The summed E-state index contributed by atoms with van der Waals surface area (Å²) < 4.78 is 60.1. The Labute approximate surface area is 709 Å². The highest BCUT2D eigenvalue weighted by atomic mass is 16.6. The van der Waals surface area contributed by atoms with E-state index in [1.165, 1.54) is 0 Å². The molecule has 12 aromatic rings. The van der Waals surface area contributed by atoms with Crippen LogP contribution < -0.4 is 47.7 Å². The molecule has 10 heterocycles. The van der Waals surface area contributed by atoms with Gasteiger partial charge in [0.25, 0.3) is 70.7 Å². The summed E-state index contributed by atoms with van der Waals surface area (Å²) in [6, 6.07) is 46.5. The first-order valence-corrected chi connectivity index (χ1v) is 43.7. The van der Waals surface area contributed by atoms with E-state index >= 15 is 19.2 Å². The molecular formula is C100H98N10O12. The predicted molar refractivity (Wildman–Crippen MR) is 464 cm³/mol. The lowest BCUT2D eigenvalue weighted by molar-refractivity contribution is 0.0907. The molecule has 4 amide bonds. The number of benzene rings is 8. The second-order valence-electron chi connectivity index (χ2n) is 35.3. The third-order valence-electron chi connectivity index (χ3n) is 24.9. The number of hydrogen-bond acceptors (Lipinski definition) is 20. The van der Waals surface area contributed by atoms with Crippen molar-refractivity contribution in [3.63, 3.8) is 0 Å². The summed E-state index contributed by atoms with van der Waals surface area (Å²) in [5.41, 5.74) is 9.59. The number of carbonyl (C=O) groups excluding carboxylic acids is 4. The van der Waals surface area contributed by atoms with Crippen LogP contribution in [0, 0.1) is 0 Å². The lowest BCUT2D eigenvalue weighted by Crippen LogP contribution is -2.29. The molecule has 4 unspecified atom stereocenters. The number of carbonyl (C=O) groups is 4. The van der Waals surface area contributed by atoms with Crippen LogP contribution in [0.4, 0.5) is 11.4 Å². The molecule has 22 nitrogen and oxygen atoms in total. The first-order valence-electron chi connectivity index (χ1n) is 43.7. The summed E-state index contributed by atoms with van der Waals surface area (Å²) in [6.45, 7) is 21.4. The van der Waals surface area contributed by atoms with Crippen LogP contribution in [0.5, 0.6) is 93.0 Å². The van der Waals surface area contributed by atoms with E-state index in [4.69, 9.17) is 77.8 Å². The monoisotopic (exact) mass is 1630 g/mol. The van der Waals surface area contributed by atoms with Gasteiger partial charge in [0.2, 0.25) is 0 Å². The van der Waals surface area contributed by atoms with Gasteiger partial charge in [0.1, 0.15) is 46.0 Å². The molecule has 4 atom stereocenters. The quantitative estimate of drug-likeness (QED) is 0.0451. The van der Waals surface area contributed by atoms with Crippen LogP contribution in [0.2, 0.25) is 0 Å². The van der Waals surface area contributed by atoms with E-state index < -0.39 is 47.3 Å². The molecular weight excluding hydrogens is 1530 g/mol. The first kappa shape index (κ1) is 79.1. The van der Waals surface area contributed by atoms with Crippen LogP contribution in [0.25, 0.3) is 22.1 Å². The number of para-hydroxylation sites is 4. The van der Waals surface area contributed by atoms with Crippen LogP contribution in [-0.2, 0) is 10.8 Å². The standard InChI is InChI=1S/C100H98N10O12/c1-11-15-19-23-31-59-63-47-64-60(32-24-20-16-12-2)66-49-68-62(34-26-22-18-14-4)70-50-69-61(33-25-21-17-13-3)67-48-65(59)77-52-79(67)119-91-93(107-85-83(105-91)95(111)109(97(85)113)57-43-39-55(40-44-57)99(5,6)7)121-81(69)54-82(70)122-94-92(106-84-86(108-94)98(114)110(96(84)112)58-45-41-56(42-46-58)100(8,9)10)120-80(68)53-78(66)118-90-88(102-72-36-28-30-38-74(72)104-90)116-76(64)51-75(63)115-87-89(117-77)103-73-37-29-27-35-71(73)101-87/h27-30,35-54,59-62H,11-26,31-34H2,1-10H3. The molecule has 8 aromatic carbocycles. The third-order valence-corrected chi connectivity index (χ3v) is 24.9. The van der Waals surface area contributed by atoms with Gasteiger partial charge in [0.15, 0.2) is 22.8 Å². The Morgan fingerprint density at radius 1 is 0.262 bits per heavy atom. The summed E-state index contributed by atoms with van der Waals surface area (Å²) in [5, 5.41) is 0. The fraction of sp³-hybridized carbons (Fsp3) is 0.360. The van der Waals surface area contributed by atoms with Crippen molar-refractivity contribution in [3.05, 3.63) is 224 Å². The molecule has 7 aliphatic rings. The molecule has 122 heavy (non-hydrogen) atoms. The Morgan fingerprint density at radius 3 is 0.664 bits per heavy atom. The van der Waals surface area contributed by atoms with Crippen LogP contribution in [0.1, 0.15) is 319 Å². The molecule has 8 bridgehead atoms. The highest BCUT2D eigenvalue weighted by Crippen LogP contribution is 2.60. The van der Waals surface area contributed by atoms with Gasteiger partial charge >= 0.3 is 0 Å². The summed E-state index contributed by atoms with van der Waals surface area (Å²) in [4.78, 5) is 105. The minimum absolute atomic E-state index is 0.0757. The Hall–Kier alpha value is -12.7. The molecule has 4 aromatic heterocycles. The topological polar surface area (TPSA) is 252 Å². The van der Waals surface area contributed by atoms with E-state index in [-0.39, 0.29) is 92.1 Å². The van der Waals surface area contributed by atoms with Gasteiger partial charge in [-0.3, -0.25) is 19.2 Å². The van der Waals surface area contributed by atoms with Crippen molar-refractivity contribution < 1.29 is 57.1 Å². The highest BCUT2D eigenvalue weighted by Gasteiger charge is 2.47. The number of fused-ring (bicyclic) bond motifs is 8. The zero-order valence-corrected chi connectivity index (χ0v) is 70.7. The smallest absolute Gasteiger partial charge is 0.286 e. The van der Waals surface area contributed by atoms with Crippen LogP contribution in [0.3, 0.4) is 0 Å². The normalized spacial score (nSPS) is 16.8. The van der Waals surface area contributed by atoms with Gasteiger partial charge in [-0.2, -0.15) is 0 Å². The van der Waals surface area contributed by atoms with Crippen molar-refractivity contribution in [2.24, 2.45) is 0 Å². The largest absolute Gasteiger partial charge is 0.434 e. The minimum atomic E-state index is -0.710. The average Bonchev–Trinajstić information content (AvgIpc) is 1.50. The third kappa shape index (κ3) is 14.5. The molecule has 19 rings (SSSR count). The number of rotatable bonds is 22. The summed E-state index contributed by atoms with van der Waals surface area (Å²) >= 11 is 0. The van der Waals surface area contributed by atoms with Gasteiger partial charge in [0, 0.05) is 92.4 Å². The van der Waals surface area contributed by atoms with Crippen molar-refractivity contribution in [1.82, 2.24) is 39.9 Å². The van der Waals surface area contributed by atoms with Crippen LogP contribution >= 0.6 is 0 Å². The maximum atomic E-state index is 15.3. The zero-order chi connectivity index (χ0) is 84.0. The Morgan fingerprint density at radius 2 is 0.467 bits per heavy atom. The van der Waals surface area contributed by atoms with Gasteiger partial charge < -0.3 is 37.9 Å². The van der Waals surface area contributed by atoms with Gasteiger partial charge in [-0.25, -0.2) is 49.7 Å². The van der Waals surface area contributed by atoms with Gasteiger partial charge in [0.05, 0.1) is 33.4 Å². The van der Waals surface area contributed by atoms with Gasteiger partial charge in [-0.1, -0.05) is 221 Å². The number of aromatic nitrogens is 8. The van der Waals surface area contributed by atoms with Crippen molar-refractivity contribution >= 4 is 57.1 Å². The number of ether oxygens (including phenoxy) is 8. The van der Waals surface area contributed by atoms with Crippen LogP contribution in [-0.4, -0.2) is 63.5 Å². The Bertz CT molecular complexity index is 5870. The SMILES string of the molecule is CCCCCCC1c2cc3c4cc2Oc2nc5c(nc2Oc2cc6c(cc21)C(CCCCCC)c1cc2c(cc1Oc1nc7ccccc7nc1O6)Oc1nc6ccccc6nc1Oc1cc(c(cc1C2CCCCCC)C3CCCCCC)Oc1nc2c(nc1O4)C(=O)N(c1ccc(C(C)(C)C)cc1)C2=O)C(=O)N(c1ccc(C(C)(C)C)cc1)C5=O. The summed E-state index contributed by atoms with van der Waals surface area (Å²) in [6.07, 6.45) is 16.8. The van der Waals surface area contributed by atoms with E-state index in [0.29, 0.717) is 105 Å². The predicted octanol–water partition coefficient (Wildman–Crippen LogP) is 25.7. The van der Waals surface area contributed by atoms with E-state index in [2.05, 4.69) is 93.5 Å². The highest BCUT2D eigenvalue weighted by molar-refractivity contribution is 6.34. The lowest BCUT2D eigenvalue weighted by atomic mass is 9.76. The number of amides is 4. The van der Waals surface area contributed by atoms with Gasteiger partial charge in [-0.15, -0.1) is 0 Å². The number of nitrogens with zero attached hydrogens (tertiary/aromatic N) is 10. The molecule has 0 N–H and O–H groups in total. The number of hydrogen-bond donors (Lipinski definition) is 0. The van der Waals surface area contributed by atoms with Crippen LogP contribution in [0.15, 0.2) is 146 Å². The molecule has 0 saturated heterocycles. The van der Waals surface area contributed by atoms with Crippen molar-refractivity contribution in [1.29, 1.82) is 0 Å². The molecule has 22 heteroatoms. The van der Waals surface area contributed by atoms with Crippen molar-refractivity contribution in [2.45, 2.75) is 232 Å². The number of anilines is 2. The van der Waals surface area contributed by atoms with Gasteiger partial charge in [-0.05, 0) is 120 Å². The second-order valence-corrected chi connectivity index (χ2v) is 35.3. The number of imide groups is 2. The maximum absolute atomic E-state index is 15.3. The first-order chi connectivity index (χ1) is 59.2. The molecule has 0 radical (unpaired) electrons. The van der Waals surface area contributed by atoms with E-state index in [1.54, 1.807) is 24.3 Å². The number of unbranched alkanes of at least 4 members (excludes halogenated alkanes) is 12. The fourth-order valence-electron chi connectivity index (χ4n) is 18.3. The summed E-state index contributed by atoms with van der Waals surface area (Å²) in [7, 11) is 0.